The van der Waals surface area contributed by atoms with E-state index in [2.05, 4.69) is 37.9 Å². The molecule has 42 heavy (non-hydrogen) atoms. The summed E-state index contributed by atoms with van der Waals surface area (Å²) >= 11 is 1.31. The number of rotatable bonds is 14. The van der Waals surface area contributed by atoms with Crippen molar-refractivity contribution in [2.24, 2.45) is 11.8 Å². The Hall–Kier alpha value is -3.17. The number of carbonyl (C=O) groups excluding carboxylic acids is 1. The smallest absolute Gasteiger partial charge is 0.353 e. The van der Waals surface area contributed by atoms with Crippen LogP contribution in [0.1, 0.15) is 76.8 Å². The molecule has 4 N–H and O–H groups in total. The van der Waals surface area contributed by atoms with Crippen molar-refractivity contribution in [2.45, 2.75) is 83.6 Å². The van der Waals surface area contributed by atoms with Gasteiger partial charge in [-0.15, -0.1) is 0 Å². The Morgan fingerprint density at radius 1 is 1.33 bits per heavy atom. The number of unbranched alkanes of at least 4 members (excludes halogenated alkanes) is 2. The maximum atomic E-state index is 12.4. The SMILES string of the molecule is C=C(C)[C@@H]1CCC(C)=C[C@H]1c1c(O)cc(CCCCC)cc1OC/C=C/NCC1=C(C(=O)O)N2C(=O)[C@H]([C@@H](C)O)[C@H]2S1. The number of benzene rings is 1. The normalized spacial score (nSPS) is 24.4. The lowest BCUT2D eigenvalue weighted by Gasteiger charge is -2.43. The number of nitrogens with one attached hydrogen (secondary N) is 1. The van der Waals surface area contributed by atoms with E-state index in [1.54, 1.807) is 13.1 Å². The molecule has 3 aliphatic rings. The first-order chi connectivity index (χ1) is 20.0. The largest absolute Gasteiger partial charge is 0.507 e. The lowest BCUT2D eigenvalue weighted by molar-refractivity contribution is -0.156. The molecule has 9 heteroatoms. The Kier molecular flexibility index (Phi) is 10.5. The number of amides is 1. The minimum atomic E-state index is -1.15. The number of fused-ring (bicyclic) bond motifs is 1. The minimum absolute atomic E-state index is 0.0163. The highest BCUT2D eigenvalue weighted by atomic mass is 32.2. The van der Waals surface area contributed by atoms with Crippen LogP contribution in [0.15, 0.2) is 58.8 Å². The van der Waals surface area contributed by atoms with Crippen LogP contribution in [-0.2, 0) is 16.0 Å². The van der Waals surface area contributed by atoms with Gasteiger partial charge in [0, 0.05) is 22.9 Å². The first-order valence-corrected chi connectivity index (χ1v) is 15.8. The topological polar surface area (TPSA) is 119 Å². The molecule has 4 rings (SSSR count). The van der Waals surface area contributed by atoms with Crippen LogP contribution in [0.25, 0.3) is 0 Å². The highest BCUT2D eigenvalue weighted by Gasteiger charge is 2.57. The lowest BCUT2D eigenvalue weighted by Crippen LogP contribution is -2.60. The molecule has 2 aliphatic heterocycles. The van der Waals surface area contributed by atoms with Crippen LogP contribution in [0.3, 0.4) is 0 Å². The zero-order chi connectivity index (χ0) is 30.6. The molecule has 2 heterocycles. The lowest BCUT2D eigenvalue weighted by atomic mass is 9.73. The standard InChI is InChI=1S/C33H44N2O6S/c1-6-7-8-10-22-16-25(37)29(24-15-20(4)11-12-23(24)19(2)3)26(17-22)41-14-9-13-34-18-27-30(33(39)40)35-31(38)28(21(5)36)32(35)42-27/h9,13,15-17,21,23-24,28,32,34,36-37H,2,6-8,10-12,14,18H2,1,3-5H3,(H,39,40)/b13-9+/t21-,23+,24-,28+,32-/m1/s1. The number of hydrogen-bond donors (Lipinski definition) is 4. The van der Waals surface area contributed by atoms with Crippen LogP contribution in [0.2, 0.25) is 0 Å². The van der Waals surface area contributed by atoms with E-state index in [9.17, 15) is 24.9 Å². The number of ether oxygens (including phenoxy) is 1. The molecule has 0 spiro atoms. The molecule has 1 aliphatic carbocycles. The van der Waals surface area contributed by atoms with Gasteiger partial charge in [0.05, 0.1) is 12.0 Å². The van der Waals surface area contributed by atoms with Crippen LogP contribution < -0.4 is 10.1 Å². The second-order valence-corrected chi connectivity index (χ2v) is 12.9. The number of β-lactam (4-membered cyclic amide) rings is 1. The van der Waals surface area contributed by atoms with Gasteiger partial charge in [0.25, 0.3) is 0 Å². The second-order valence-electron chi connectivity index (χ2n) is 11.7. The molecule has 0 aromatic heterocycles. The Morgan fingerprint density at radius 2 is 2.10 bits per heavy atom. The van der Waals surface area contributed by atoms with Gasteiger partial charge in [0.1, 0.15) is 29.2 Å². The number of allylic oxidation sites excluding steroid dienone is 3. The maximum Gasteiger partial charge on any atom is 0.353 e. The molecule has 0 unspecified atom stereocenters. The van der Waals surface area contributed by atoms with E-state index >= 15 is 0 Å². The van der Waals surface area contributed by atoms with Gasteiger partial charge in [-0.25, -0.2) is 4.79 Å². The number of hydrogen-bond acceptors (Lipinski definition) is 7. The molecular weight excluding hydrogens is 552 g/mol. The van der Waals surface area contributed by atoms with E-state index in [1.165, 1.54) is 22.2 Å². The van der Waals surface area contributed by atoms with E-state index < -0.39 is 18.0 Å². The van der Waals surface area contributed by atoms with Gasteiger partial charge in [0.2, 0.25) is 5.91 Å². The van der Waals surface area contributed by atoms with Gasteiger partial charge in [-0.05, 0) is 82.3 Å². The zero-order valence-corrected chi connectivity index (χ0v) is 25.9. The number of carboxylic acid groups (broad SMARTS) is 1. The Balaban J connectivity index is 1.46. The van der Waals surface area contributed by atoms with Crippen LogP contribution in [0, 0.1) is 11.8 Å². The first-order valence-electron chi connectivity index (χ1n) is 14.9. The molecule has 1 aromatic rings. The quantitative estimate of drug-likeness (QED) is 0.120. The number of thioether (sulfide) groups is 1. The number of carbonyl (C=O) groups is 2. The fraction of sp³-hybridized carbons (Fsp3) is 0.515. The number of carboxylic acids is 1. The molecule has 1 amide bonds. The fourth-order valence-electron chi connectivity index (χ4n) is 6.15. The second kappa shape index (κ2) is 13.9. The van der Waals surface area contributed by atoms with Gasteiger partial charge in [-0.1, -0.05) is 55.3 Å². The molecule has 1 aromatic carbocycles. The minimum Gasteiger partial charge on any atom is -0.507 e. The summed E-state index contributed by atoms with van der Waals surface area (Å²) in [6.07, 6.45) is 11.1. The maximum absolute atomic E-state index is 12.4. The monoisotopic (exact) mass is 596 g/mol. The molecule has 0 bridgehead atoms. The van der Waals surface area contributed by atoms with E-state index in [-0.39, 0.29) is 47.7 Å². The van der Waals surface area contributed by atoms with Crippen molar-refractivity contribution < 1.29 is 29.6 Å². The van der Waals surface area contributed by atoms with E-state index in [0.29, 0.717) is 10.7 Å². The Labute approximate surface area is 253 Å². The van der Waals surface area contributed by atoms with Crippen LogP contribution >= 0.6 is 11.8 Å². The summed E-state index contributed by atoms with van der Waals surface area (Å²) in [6.45, 7) is 12.6. The molecule has 1 fully saturated rings. The third-order valence-corrected chi connectivity index (χ3v) is 9.74. The third-order valence-electron chi connectivity index (χ3n) is 8.37. The Morgan fingerprint density at radius 3 is 2.76 bits per heavy atom. The van der Waals surface area contributed by atoms with Crippen molar-refractivity contribution in [2.75, 3.05) is 13.2 Å². The van der Waals surface area contributed by atoms with Gasteiger partial charge >= 0.3 is 5.97 Å². The summed E-state index contributed by atoms with van der Waals surface area (Å²) in [5.74, 6) is -0.979. The molecule has 8 nitrogen and oxygen atoms in total. The van der Waals surface area contributed by atoms with E-state index in [1.807, 2.05) is 19.1 Å². The number of aromatic hydroxyl groups is 1. The van der Waals surface area contributed by atoms with Crippen molar-refractivity contribution >= 4 is 23.6 Å². The van der Waals surface area contributed by atoms with Gasteiger partial charge in [-0.2, -0.15) is 0 Å². The summed E-state index contributed by atoms with van der Waals surface area (Å²) in [5, 5.41) is 33.6. The molecule has 228 valence electrons. The van der Waals surface area contributed by atoms with Crippen molar-refractivity contribution in [1.29, 1.82) is 0 Å². The van der Waals surface area contributed by atoms with Crippen molar-refractivity contribution in [3.05, 3.63) is 69.9 Å². The predicted octanol–water partition coefficient (Wildman–Crippen LogP) is 5.83. The van der Waals surface area contributed by atoms with Crippen molar-refractivity contribution in [3.8, 4) is 11.5 Å². The molecule has 5 atom stereocenters. The van der Waals surface area contributed by atoms with Crippen molar-refractivity contribution in [1.82, 2.24) is 10.2 Å². The number of nitrogens with zero attached hydrogens (tertiary/aromatic N) is 1. The average molecular weight is 597 g/mol. The van der Waals surface area contributed by atoms with Crippen LogP contribution in [0.4, 0.5) is 0 Å². The summed E-state index contributed by atoms with van der Waals surface area (Å²) in [4.78, 5) is 26.1. The number of aliphatic hydroxyl groups is 1. The molecule has 0 saturated carbocycles. The fourth-order valence-corrected chi connectivity index (χ4v) is 7.71. The summed E-state index contributed by atoms with van der Waals surface area (Å²) in [5.41, 5.74) is 4.21. The molecule has 1 saturated heterocycles. The average Bonchev–Trinajstić information content (AvgIpc) is 3.24. The summed E-state index contributed by atoms with van der Waals surface area (Å²) in [7, 11) is 0. The van der Waals surface area contributed by atoms with Crippen molar-refractivity contribution in [3.63, 3.8) is 0 Å². The van der Waals surface area contributed by atoms with Gasteiger partial charge in [0.15, 0.2) is 0 Å². The highest BCUT2D eigenvalue weighted by Crippen LogP contribution is 2.50. The van der Waals surface area contributed by atoms with Crippen LogP contribution in [0.5, 0.6) is 11.5 Å². The third kappa shape index (κ3) is 6.73. The van der Waals surface area contributed by atoms with Crippen LogP contribution in [-0.4, -0.2) is 56.7 Å². The number of aliphatic hydroxyl groups excluding tert-OH is 1. The number of aliphatic carboxylic acids is 1. The van der Waals surface area contributed by atoms with Gasteiger partial charge < -0.3 is 25.4 Å². The number of phenols is 1. The predicted molar refractivity (Wildman–Crippen MR) is 166 cm³/mol. The number of phenolic OH excluding ortho intramolecular Hbond substituents is 1. The molecule has 0 radical (unpaired) electrons. The number of aryl methyl sites for hydroxylation is 1. The van der Waals surface area contributed by atoms with E-state index in [0.717, 1.165) is 55.2 Å². The first kappa shape index (κ1) is 31.8. The van der Waals surface area contributed by atoms with Gasteiger partial charge in [-0.3, -0.25) is 9.69 Å². The summed E-state index contributed by atoms with van der Waals surface area (Å²) < 4.78 is 6.27. The zero-order valence-electron chi connectivity index (χ0n) is 25.1. The molecular formula is C33H44N2O6S. The Bertz CT molecular complexity index is 1300. The summed E-state index contributed by atoms with van der Waals surface area (Å²) in [6, 6.07) is 3.93. The highest BCUT2D eigenvalue weighted by molar-refractivity contribution is 8.04. The van der Waals surface area contributed by atoms with E-state index in [4.69, 9.17) is 4.74 Å².